The molecule has 0 saturated heterocycles. The molecular weight excluding hydrogens is 259 g/mol. The van der Waals surface area contributed by atoms with Gasteiger partial charge < -0.3 is 0 Å². The molecule has 0 spiro atoms. The van der Waals surface area contributed by atoms with Crippen molar-refractivity contribution in [1.82, 2.24) is 0 Å². The Morgan fingerprint density at radius 2 is 1.67 bits per heavy atom. The molecule has 0 bridgehead atoms. The Balaban J connectivity index is 0.000000354. The highest BCUT2D eigenvalue weighted by molar-refractivity contribution is 14.1. The van der Waals surface area contributed by atoms with E-state index in [1.54, 1.807) is 0 Å². The molecule has 0 aliphatic heterocycles. The van der Waals surface area contributed by atoms with Crippen molar-refractivity contribution in [1.29, 1.82) is 0 Å². The molecule has 0 radical (unpaired) electrons. The molecular formula is C11H21I. The Morgan fingerprint density at radius 1 is 1.25 bits per heavy atom. The zero-order valence-electron chi connectivity index (χ0n) is 8.35. The van der Waals surface area contributed by atoms with Gasteiger partial charge in [0.2, 0.25) is 0 Å². The summed E-state index contributed by atoms with van der Waals surface area (Å²) in [7, 11) is 0. The second-order valence-electron chi connectivity index (χ2n) is 3.45. The third-order valence-corrected chi connectivity index (χ3v) is 3.28. The second-order valence-corrected chi connectivity index (χ2v) is 5.22. The number of hydrogen-bond acceptors (Lipinski definition) is 0. The zero-order valence-corrected chi connectivity index (χ0v) is 10.5. The van der Waals surface area contributed by atoms with E-state index in [1.165, 1.54) is 32.1 Å². The topological polar surface area (TPSA) is 0 Å². The summed E-state index contributed by atoms with van der Waals surface area (Å²) in [6.45, 7) is 8.06. The molecule has 1 aliphatic carbocycles. The summed E-state index contributed by atoms with van der Waals surface area (Å²) < 4.78 is 0.943. The average molecular weight is 280 g/mol. The molecule has 0 atom stereocenters. The van der Waals surface area contributed by atoms with Gasteiger partial charge in [0.05, 0.1) is 0 Å². The van der Waals surface area contributed by atoms with E-state index in [0.717, 1.165) is 9.84 Å². The van der Waals surface area contributed by atoms with Crippen LogP contribution in [0.5, 0.6) is 0 Å². The van der Waals surface area contributed by atoms with Crippen LogP contribution in [0.3, 0.4) is 0 Å². The van der Waals surface area contributed by atoms with Gasteiger partial charge in [0.25, 0.3) is 0 Å². The lowest BCUT2D eigenvalue weighted by molar-refractivity contribution is 0.437. The van der Waals surface area contributed by atoms with E-state index in [9.17, 15) is 0 Å². The van der Waals surface area contributed by atoms with Gasteiger partial charge in [-0.25, -0.2) is 0 Å². The lowest BCUT2D eigenvalue weighted by Crippen LogP contribution is -2.11. The molecule has 1 aliphatic rings. The summed E-state index contributed by atoms with van der Waals surface area (Å²) in [5.41, 5.74) is 0. The van der Waals surface area contributed by atoms with Crippen molar-refractivity contribution >= 4 is 22.6 Å². The van der Waals surface area contributed by atoms with Gasteiger partial charge in [0.1, 0.15) is 0 Å². The molecule has 12 heavy (non-hydrogen) atoms. The normalized spacial score (nSPS) is 28.6. The SMILES string of the molecule is C=CC1CCC(I)CC1.CCC. The third-order valence-electron chi connectivity index (χ3n) is 2.03. The van der Waals surface area contributed by atoms with E-state index in [2.05, 4.69) is 49.1 Å². The van der Waals surface area contributed by atoms with E-state index in [1.807, 2.05) is 0 Å². The van der Waals surface area contributed by atoms with Crippen molar-refractivity contribution in [2.75, 3.05) is 0 Å². The van der Waals surface area contributed by atoms with Crippen LogP contribution in [0.25, 0.3) is 0 Å². The van der Waals surface area contributed by atoms with Gasteiger partial charge in [-0.15, -0.1) is 6.58 Å². The first-order valence-electron chi connectivity index (χ1n) is 5.01. The average Bonchev–Trinajstić information content (AvgIpc) is 2.07. The summed E-state index contributed by atoms with van der Waals surface area (Å²) in [6.07, 6.45) is 8.91. The van der Waals surface area contributed by atoms with Gasteiger partial charge in [0, 0.05) is 3.92 Å². The molecule has 0 heterocycles. The van der Waals surface area contributed by atoms with Gasteiger partial charge in [-0.05, 0) is 31.6 Å². The summed E-state index contributed by atoms with van der Waals surface area (Å²) in [6, 6.07) is 0. The Labute approximate surface area is 91.0 Å². The molecule has 1 fully saturated rings. The maximum atomic E-state index is 3.81. The van der Waals surface area contributed by atoms with Crippen molar-refractivity contribution in [3.8, 4) is 0 Å². The van der Waals surface area contributed by atoms with Crippen molar-refractivity contribution in [2.24, 2.45) is 5.92 Å². The van der Waals surface area contributed by atoms with Gasteiger partial charge in [-0.3, -0.25) is 0 Å². The monoisotopic (exact) mass is 280 g/mol. The maximum Gasteiger partial charge on any atom is 0.0110 e. The quantitative estimate of drug-likeness (QED) is 0.374. The fourth-order valence-corrected chi connectivity index (χ4v) is 2.03. The van der Waals surface area contributed by atoms with Crippen LogP contribution in [0, 0.1) is 5.92 Å². The fourth-order valence-electron chi connectivity index (χ4n) is 1.31. The smallest absolute Gasteiger partial charge is 0.0110 e. The first kappa shape index (κ1) is 12.5. The van der Waals surface area contributed by atoms with Crippen molar-refractivity contribution in [3.63, 3.8) is 0 Å². The standard InChI is InChI=1S/C8H13I.C3H8/c1-2-7-3-5-8(9)6-4-7;1-3-2/h2,7-8H,1,3-6H2;3H2,1-2H3. The predicted octanol–water partition coefficient (Wildman–Crippen LogP) is 4.58. The van der Waals surface area contributed by atoms with Crippen LogP contribution < -0.4 is 0 Å². The summed E-state index contributed by atoms with van der Waals surface area (Å²) in [5, 5.41) is 0. The minimum absolute atomic E-state index is 0.830. The van der Waals surface area contributed by atoms with Crippen molar-refractivity contribution in [2.45, 2.75) is 49.9 Å². The van der Waals surface area contributed by atoms with Crippen LogP contribution in [0.15, 0.2) is 12.7 Å². The summed E-state index contributed by atoms with van der Waals surface area (Å²) in [4.78, 5) is 0. The molecule has 0 unspecified atom stereocenters. The number of alkyl halides is 1. The van der Waals surface area contributed by atoms with Gasteiger partial charge in [-0.2, -0.15) is 0 Å². The molecule has 1 heteroatoms. The first-order chi connectivity index (χ1) is 5.74. The van der Waals surface area contributed by atoms with E-state index >= 15 is 0 Å². The molecule has 0 N–H and O–H groups in total. The largest absolute Gasteiger partial charge is 0.103 e. The Kier molecular flexibility index (Phi) is 8.40. The molecule has 1 rings (SSSR count). The predicted molar refractivity (Wildman–Crippen MR) is 65.9 cm³/mol. The van der Waals surface area contributed by atoms with Gasteiger partial charge >= 0.3 is 0 Å². The molecule has 0 aromatic rings. The number of halogens is 1. The minimum atomic E-state index is 0.830. The van der Waals surface area contributed by atoms with E-state index in [0.29, 0.717) is 0 Å². The molecule has 72 valence electrons. The number of rotatable bonds is 1. The molecule has 0 aromatic heterocycles. The van der Waals surface area contributed by atoms with Crippen LogP contribution >= 0.6 is 22.6 Å². The highest BCUT2D eigenvalue weighted by Gasteiger charge is 2.15. The van der Waals surface area contributed by atoms with E-state index in [4.69, 9.17) is 0 Å². The number of hydrogen-bond donors (Lipinski definition) is 0. The lowest BCUT2D eigenvalue weighted by atomic mass is 9.90. The van der Waals surface area contributed by atoms with E-state index in [-0.39, 0.29) is 0 Å². The zero-order chi connectivity index (χ0) is 9.40. The summed E-state index contributed by atoms with van der Waals surface area (Å²) in [5.74, 6) is 0.830. The molecule has 0 amide bonds. The Bertz CT molecular complexity index is 102. The maximum absolute atomic E-state index is 3.81. The second kappa shape index (κ2) is 8.09. The van der Waals surface area contributed by atoms with Crippen molar-refractivity contribution < 1.29 is 0 Å². The lowest BCUT2D eigenvalue weighted by Gasteiger charge is -2.21. The van der Waals surface area contributed by atoms with Crippen LogP contribution in [0.4, 0.5) is 0 Å². The van der Waals surface area contributed by atoms with Crippen LogP contribution in [-0.2, 0) is 0 Å². The highest BCUT2D eigenvalue weighted by Crippen LogP contribution is 2.29. The molecule has 0 nitrogen and oxygen atoms in total. The van der Waals surface area contributed by atoms with Crippen LogP contribution in [0.2, 0.25) is 0 Å². The fraction of sp³-hybridized carbons (Fsp3) is 0.818. The molecule has 1 saturated carbocycles. The van der Waals surface area contributed by atoms with Gasteiger partial charge in [0.15, 0.2) is 0 Å². The minimum Gasteiger partial charge on any atom is -0.103 e. The van der Waals surface area contributed by atoms with E-state index < -0.39 is 0 Å². The van der Waals surface area contributed by atoms with Crippen molar-refractivity contribution in [3.05, 3.63) is 12.7 Å². The first-order valence-corrected chi connectivity index (χ1v) is 6.25. The third kappa shape index (κ3) is 6.04. The highest BCUT2D eigenvalue weighted by atomic mass is 127. The molecule has 0 aromatic carbocycles. The Morgan fingerprint density at radius 3 is 2.00 bits per heavy atom. The van der Waals surface area contributed by atoms with Crippen LogP contribution in [-0.4, -0.2) is 3.92 Å². The van der Waals surface area contributed by atoms with Crippen LogP contribution in [0.1, 0.15) is 46.0 Å². The Hall–Kier alpha value is 0.470. The number of allylic oxidation sites excluding steroid dienone is 1. The van der Waals surface area contributed by atoms with Gasteiger partial charge in [-0.1, -0.05) is 48.9 Å². The summed E-state index contributed by atoms with van der Waals surface area (Å²) >= 11 is 2.55.